The molecule has 88 valence electrons. The fourth-order valence-electron chi connectivity index (χ4n) is 1.69. The van der Waals surface area contributed by atoms with E-state index < -0.39 is 0 Å². The molecule has 0 bridgehead atoms. The molecule has 15 heavy (non-hydrogen) atoms. The van der Waals surface area contributed by atoms with Gasteiger partial charge in [0.2, 0.25) is 0 Å². The molecule has 2 N–H and O–H groups in total. The third-order valence-electron chi connectivity index (χ3n) is 2.34. The molecule has 0 aliphatic carbocycles. The maximum atomic E-state index is 10.8. The molecule has 1 atom stereocenters. The first kappa shape index (κ1) is 12.7. The van der Waals surface area contributed by atoms with Crippen LogP contribution in [0, 0.1) is 0 Å². The number of oxime groups is 1. The van der Waals surface area contributed by atoms with Crippen LogP contribution in [-0.4, -0.2) is 45.7 Å². The Kier molecular flexibility index (Phi) is 5.92. The van der Waals surface area contributed by atoms with Crippen molar-refractivity contribution in [3.05, 3.63) is 0 Å². The molecule has 0 aromatic carbocycles. The van der Waals surface area contributed by atoms with Crippen LogP contribution in [0.15, 0.2) is 5.16 Å². The Hall–Kier alpha value is -0.370. The zero-order valence-electron chi connectivity index (χ0n) is 8.86. The molecule has 1 amide bonds. The number of nitrogens with zero attached hydrogens (tertiary/aromatic N) is 2. The van der Waals surface area contributed by atoms with E-state index in [9.17, 15) is 4.79 Å². The van der Waals surface area contributed by atoms with Crippen LogP contribution in [0.5, 0.6) is 0 Å². The Labute approximate surface area is 100 Å². The fourth-order valence-corrected chi connectivity index (χ4v) is 2.08. The van der Waals surface area contributed by atoms with Crippen LogP contribution < -0.4 is 26.9 Å². The topological polar surface area (TPSA) is 67.9 Å². The standard InChI is InChI=1S/C9H17IN3O2/c1-10-7-12-15-6-8-3-2-4-13(8)5-9(11)14/h7-8H,2-6H2,1H3,(H2,11,14)/q-1/b12-7+/t8-/m0/s1. The van der Waals surface area contributed by atoms with Crippen molar-refractivity contribution in [2.45, 2.75) is 18.9 Å². The van der Waals surface area contributed by atoms with Crippen LogP contribution in [0.25, 0.3) is 0 Å². The quantitative estimate of drug-likeness (QED) is 0.240. The summed E-state index contributed by atoms with van der Waals surface area (Å²) in [7, 11) is 0. The van der Waals surface area contributed by atoms with Gasteiger partial charge >= 0.3 is 100 Å². The SMILES string of the molecule is C[I-]/C=N/OC[C@@H]1CCCN1CC(N)=O. The summed E-state index contributed by atoms with van der Waals surface area (Å²) < 4.78 is 1.84. The summed E-state index contributed by atoms with van der Waals surface area (Å²) in [5.41, 5.74) is 5.16. The van der Waals surface area contributed by atoms with E-state index in [4.69, 9.17) is 10.6 Å². The predicted molar refractivity (Wildman–Crippen MR) is 54.2 cm³/mol. The molecule has 0 aromatic rings. The first-order chi connectivity index (χ1) is 7.24. The van der Waals surface area contributed by atoms with Gasteiger partial charge in [-0.3, -0.25) is 0 Å². The number of alkyl halides is 1. The molecule has 0 radical (unpaired) electrons. The zero-order chi connectivity index (χ0) is 11.1. The number of amides is 1. The molecule has 5 nitrogen and oxygen atoms in total. The van der Waals surface area contributed by atoms with Gasteiger partial charge in [0.05, 0.1) is 0 Å². The fraction of sp³-hybridized carbons (Fsp3) is 0.778. The minimum absolute atomic E-state index is 0.0517. The van der Waals surface area contributed by atoms with Gasteiger partial charge in [-0.15, -0.1) is 0 Å². The Morgan fingerprint density at radius 3 is 3.27 bits per heavy atom. The second-order valence-corrected chi connectivity index (χ2v) is 5.25. The van der Waals surface area contributed by atoms with Crippen LogP contribution in [0.2, 0.25) is 0 Å². The summed E-state index contributed by atoms with van der Waals surface area (Å²) in [4.78, 5) is 20.1. The number of likely N-dealkylation sites (tertiary alicyclic amines) is 1. The molecule has 1 aliphatic rings. The number of halogens is 1. The molecular formula is C9H17IN3O2-. The average molecular weight is 326 g/mol. The number of rotatable bonds is 6. The molecule has 0 spiro atoms. The monoisotopic (exact) mass is 326 g/mol. The van der Waals surface area contributed by atoms with Crippen LogP contribution in [0.3, 0.4) is 0 Å². The van der Waals surface area contributed by atoms with Crippen molar-refractivity contribution in [2.75, 3.05) is 24.6 Å². The van der Waals surface area contributed by atoms with Gasteiger partial charge in [-0.1, -0.05) is 0 Å². The Bertz CT molecular complexity index is 235. The van der Waals surface area contributed by atoms with Gasteiger partial charge in [-0.2, -0.15) is 0 Å². The third-order valence-corrected chi connectivity index (χ3v) is 3.12. The third kappa shape index (κ3) is 4.78. The number of primary amides is 1. The normalized spacial score (nSPS) is 22.6. The number of hydrogen-bond donors (Lipinski definition) is 1. The molecule has 0 unspecified atom stereocenters. The van der Waals surface area contributed by atoms with Crippen LogP contribution >= 0.6 is 0 Å². The molecule has 0 aromatic heterocycles. The maximum absolute atomic E-state index is 10.8. The molecule has 6 heteroatoms. The number of nitrogens with two attached hydrogens (primary N) is 1. The van der Waals surface area contributed by atoms with Crippen molar-refractivity contribution in [3.63, 3.8) is 0 Å². The number of carbonyl (C=O) groups excluding carboxylic acids is 1. The summed E-state index contributed by atoms with van der Waals surface area (Å²) in [5, 5.41) is 3.85. The van der Waals surface area contributed by atoms with Gasteiger partial charge in [0.25, 0.3) is 0 Å². The Morgan fingerprint density at radius 1 is 1.80 bits per heavy atom. The Morgan fingerprint density at radius 2 is 2.60 bits per heavy atom. The first-order valence-electron chi connectivity index (χ1n) is 4.88. The van der Waals surface area contributed by atoms with Gasteiger partial charge in [-0.05, 0) is 0 Å². The van der Waals surface area contributed by atoms with Crippen LogP contribution in [0.1, 0.15) is 12.8 Å². The van der Waals surface area contributed by atoms with Crippen molar-refractivity contribution < 1.29 is 30.8 Å². The zero-order valence-corrected chi connectivity index (χ0v) is 11.0. The summed E-state index contributed by atoms with van der Waals surface area (Å²) in [5.74, 6) is -0.273. The van der Waals surface area contributed by atoms with E-state index in [0.717, 1.165) is 19.4 Å². The van der Waals surface area contributed by atoms with Gasteiger partial charge in [-0.25, -0.2) is 0 Å². The summed E-state index contributed by atoms with van der Waals surface area (Å²) in [6, 6.07) is 0.296. The molecule has 1 fully saturated rings. The molecule has 0 saturated carbocycles. The van der Waals surface area contributed by atoms with Crippen molar-refractivity contribution in [3.8, 4) is 0 Å². The van der Waals surface area contributed by atoms with E-state index >= 15 is 0 Å². The van der Waals surface area contributed by atoms with E-state index in [1.54, 1.807) is 0 Å². The number of carbonyl (C=O) groups is 1. The molecule has 1 heterocycles. The van der Waals surface area contributed by atoms with Gasteiger partial charge in [0.15, 0.2) is 0 Å². The summed E-state index contributed by atoms with van der Waals surface area (Å²) in [6.07, 6.45) is 2.16. The van der Waals surface area contributed by atoms with E-state index in [2.05, 4.69) is 15.0 Å². The van der Waals surface area contributed by atoms with E-state index in [-0.39, 0.29) is 27.1 Å². The molecular weight excluding hydrogens is 309 g/mol. The van der Waals surface area contributed by atoms with Gasteiger partial charge in [0, 0.05) is 0 Å². The molecule has 1 saturated heterocycles. The Balaban J connectivity index is 2.26. The summed E-state index contributed by atoms with van der Waals surface area (Å²) >= 11 is 0.0517. The van der Waals surface area contributed by atoms with Crippen molar-refractivity contribution in [1.82, 2.24) is 4.90 Å². The molecule has 1 aliphatic heterocycles. The summed E-state index contributed by atoms with van der Waals surface area (Å²) in [6.45, 7) is 1.83. The van der Waals surface area contributed by atoms with Crippen LogP contribution in [0.4, 0.5) is 0 Å². The van der Waals surface area contributed by atoms with Gasteiger partial charge in [0.1, 0.15) is 0 Å². The second kappa shape index (κ2) is 7.00. The second-order valence-electron chi connectivity index (χ2n) is 3.45. The van der Waals surface area contributed by atoms with Gasteiger partial charge < -0.3 is 0 Å². The van der Waals surface area contributed by atoms with Crippen molar-refractivity contribution in [2.24, 2.45) is 10.9 Å². The average Bonchev–Trinajstić information content (AvgIpc) is 2.59. The van der Waals surface area contributed by atoms with E-state index in [1.165, 1.54) is 0 Å². The van der Waals surface area contributed by atoms with Crippen molar-refractivity contribution in [1.29, 1.82) is 0 Å². The number of hydrogen-bond acceptors (Lipinski definition) is 4. The van der Waals surface area contributed by atoms with E-state index in [1.807, 2.05) is 4.22 Å². The predicted octanol–water partition coefficient (Wildman–Crippen LogP) is -3.39. The minimum atomic E-state index is -0.273. The van der Waals surface area contributed by atoms with Crippen molar-refractivity contribution >= 4 is 10.1 Å². The van der Waals surface area contributed by atoms with Crippen LogP contribution in [-0.2, 0) is 9.63 Å². The first-order valence-corrected chi connectivity index (χ1v) is 8.28. The molecule has 1 rings (SSSR count). The van der Waals surface area contributed by atoms with E-state index in [0.29, 0.717) is 19.2 Å².